The van der Waals surface area contributed by atoms with Gasteiger partial charge in [0.25, 0.3) is 0 Å². The Morgan fingerprint density at radius 2 is 1.86 bits per heavy atom. The van der Waals surface area contributed by atoms with E-state index in [0.29, 0.717) is 13.1 Å². The van der Waals surface area contributed by atoms with E-state index in [1.54, 1.807) is 0 Å². The van der Waals surface area contributed by atoms with Crippen LogP contribution in [0.2, 0.25) is 0 Å². The molecule has 1 amide bonds. The van der Waals surface area contributed by atoms with Gasteiger partial charge in [-0.15, -0.1) is 0 Å². The predicted molar refractivity (Wildman–Crippen MR) is 86.3 cm³/mol. The number of benzene rings is 1. The van der Waals surface area contributed by atoms with Crippen molar-refractivity contribution in [2.24, 2.45) is 11.1 Å². The van der Waals surface area contributed by atoms with E-state index in [1.807, 2.05) is 32.9 Å². The molecule has 0 aromatic heterocycles. The summed E-state index contributed by atoms with van der Waals surface area (Å²) in [5.41, 5.74) is 7.75. The number of rotatable bonds is 5. The minimum Gasteiger partial charge on any atom is -0.444 e. The highest BCUT2D eigenvalue weighted by Gasteiger charge is 2.26. The minimum atomic E-state index is -0.487. The van der Waals surface area contributed by atoms with Crippen LogP contribution < -0.4 is 11.1 Å². The van der Waals surface area contributed by atoms with E-state index in [-0.39, 0.29) is 5.41 Å². The number of carbonyl (C=O) groups is 1. The first-order valence-electron chi connectivity index (χ1n) is 7.37. The third kappa shape index (κ3) is 6.17. The van der Waals surface area contributed by atoms with Crippen LogP contribution in [0.5, 0.6) is 0 Å². The molecule has 1 aromatic carbocycles. The highest BCUT2D eigenvalue weighted by atomic mass is 16.6. The van der Waals surface area contributed by atoms with Crippen LogP contribution in [-0.4, -0.2) is 24.8 Å². The SMILES string of the molecule is Cc1ccccc1CC(C)(CN)CNC(=O)OC(C)(C)C. The van der Waals surface area contributed by atoms with Crippen molar-refractivity contribution in [3.05, 3.63) is 35.4 Å². The number of hydrogen-bond acceptors (Lipinski definition) is 3. The molecule has 0 radical (unpaired) electrons. The number of hydrogen-bond donors (Lipinski definition) is 2. The van der Waals surface area contributed by atoms with Crippen LogP contribution in [0, 0.1) is 12.3 Å². The van der Waals surface area contributed by atoms with E-state index in [0.717, 1.165) is 6.42 Å². The summed E-state index contributed by atoms with van der Waals surface area (Å²) in [6.45, 7) is 10.7. The molecule has 0 aliphatic heterocycles. The summed E-state index contributed by atoms with van der Waals surface area (Å²) in [5.74, 6) is 0. The summed E-state index contributed by atoms with van der Waals surface area (Å²) in [6.07, 6.45) is 0.429. The number of aryl methyl sites for hydroxylation is 1. The van der Waals surface area contributed by atoms with Gasteiger partial charge >= 0.3 is 6.09 Å². The average molecular weight is 292 g/mol. The van der Waals surface area contributed by atoms with Gasteiger partial charge in [0.15, 0.2) is 0 Å². The van der Waals surface area contributed by atoms with Crippen LogP contribution >= 0.6 is 0 Å². The second-order valence-corrected chi connectivity index (χ2v) is 6.97. The van der Waals surface area contributed by atoms with Gasteiger partial charge < -0.3 is 15.8 Å². The Bertz CT molecular complexity index is 480. The zero-order valence-electron chi connectivity index (χ0n) is 13.8. The fourth-order valence-electron chi connectivity index (χ4n) is 2.07. The van der Waals surface area contributed by atoms with Crippen LogP contribution in [0.4, 0.5) is 4.79 Å². The topological polar surface area (TPSA) is 64.3 Å². The summed E-state index contributed by atoms with van der Waals surface area (Å²) < 4.78 is 5.26. The van der Waals surface area contributed by atoms with Gasteiger partial charge in [0, 0.05) is 12.0 Å². The lowest BCUT2D eigenvalue weighted by Crippen LogP contribution is -2.43. The lowest BCUT2D eigenvalue weighted by atomic mass is 9.82. The van der Waals surface area contributed by atoms with Crippen molar-refractivity contribution in [1.82, 2.24) is 5.32 Å². The van der Waals surface area contributed by atoms with Crippen LogP contribution in [0.15, 0.2) is 24.3 Å². The summed E-state index contributed by atoms with van der Waals surface area (Å²) in [6, 6.07) is 8.25. The molecule has 1 rings (SSSR count). The minimum absolute atomic E-state index is 0.191. The van der Waals surface area contributed by atoms with Crippen LogP contribution in [0.1, 0.15) is 38.8 Å². The van der Waals surface area contributed by atoms with Gasteiger partial charge in [-0.25, -0.2) is 4.79 Å². The maximum absolute atomic E-state index is 11.8. The molecule has 118 valence electrons. The standard InChI is InChI=1S/C17H28N2O2/c1-13-8-6-7-9-14(13)10-17(5,11-18)12-19-15(20)21-16(2,3)4/h6-9H,10-12,18H2,1-5H3,(H,19,20). The largest absolute Gasteiger partial charge is 0.444 e. The molecule has 1 aromatic rings. The van der Waals surface area contributed by atoms with E-state index in [4.69, 9.17) is 10.5 Å². The van der Waals surface area contributed by atoms with E-state index >= 15 is 0 Å². The molecule has 3 N–H and O–H groups in total. The maximum atomic E-state index is 11.8. The van der Waals surface area contributed by atoms with Crippen LogP contribution in [0.3, 0.4) is 0 Å². The summed E-state index contributed by atoms with van der Waals surface area (Å²) in [4.78, 5) is 11.8. The normalized spacial score (nSPS) is 14.4. The van der Waals surface area contributed by atoms with E-state index in [1.165, 1.54) is 11.1 Å². The summed E-state index contributed by atoms with van der Waals surface area (Å²) in [5, 5.41) is 2.83. The van der Waals surface area contributed by atoms with E-state index in [9.17, 15) is 4.79 Å². The maximum Gasteiger partial charge on any atom is 0.407 e. The molecule has 0 saturated heterocycles. The smallest absolute Gasteiger partial charge is 0.407 e. The number of amides is 1. The van der Waals surface area contributed by atoms with Gasteiger partial charge in [-0.05, 0) is 51.8 Å². The Balaban J connectivity index is 2.64. The highest BCUT2D eigenvalue weighted by Crippen LogP contribution is 2.22. The lowest BCUT2D eigenvalue weighted by molar-refractivity contribution is 0.0504. The highest BCUT2D eigenvalue weighted by molar-refractivity contribution is 5.67. The third-order valence-corrected chi connectivity index (χ3v) is 3.43. The Morgan fingerprint density at radius 1 is 1.24 bits per heavy atom. The molecule has 0 heterocycles. The molecule has 4 nitrogen and oxygen atoms in total. The number of alkyl carbamates (subject to hydrolysis) is 1. The zero-order valence-corrected chi connectivity index (χ0v) is 13.8. The predicted octanol–water partition coefficient (Wildman–Crippen LogP) is 3.03. The Kier molecular flexibility index (Phi) is 5.78. The molecule has 1 atom stereocenters. The quantitative estimate of drug-likeness (QED) is 0.876. The molecule has 0 fully saturated rings. The van der Waals surface area contributed by atoms with E-state index in [2.05, 4.69) is 31.3 Å². The first-order chi connectivity index (χ1) is 9.65. The van der Waals surface area contributed by atoms with Gasteiger partial charge in [0.05, 0.1) is 0 Å². The Labute approximate surface area is 128 Å². The molecule has 0 aliphatic rings. The van der Waals surface area contributed by atoms with Crippen molar-refractivity contribution >= 4 is 6.09 Å². The average Bonchev–Trinajstić information content (AvgIpc) is 2.37. The zero-order chi connectivity index (χ0) is 16.1. The van der Waals surface area contributed by atoms with Gasteiger partial charge in [-0.3, -0.25) is 0 Å². The van der Waals surface area contributed by atoms with Gasteiger partial charge in [-0.2, -0.15) is 0 Å². The van der Waals surface area contributed by atoms with Crippen molar-refractivity contribution in [2.45, 2.75) is 46.6 Å². The number of carbonyl (C=O) groups excluding carboxylic acids is 1. The number of nitrogens with two attached hydrogens (primary N) is 1. The van der Waals surface area contributed by atoms with E-state index < -0.39 is 11.7 Å². The second kappa shape index (κ2) is 6.94. The first-order valence-corrected chi connectivity index (χ1v) is 7.37. The fraction of sp³-hybridized carbons (Fsp3) is 0.588. The molecular formula is C17H28N2O2. The van der Waals surface area contributed by atoms with Gasteiger partial charge in [0.1, 0.15) is 5.60 Å². The molecule has 0 saturated carbocycles. The summed E-state index contributed by atoms with van der Waals surface area (Å²) >= 11 is 0. The lowest BCUT2D eigenvalue weighted by Gasteiger charge is -2.30. The molecule has 4 heteroatoms. The molecule has 0 bridgehead atoms. The Hall–Kier alpha value is -1.55. The second-order valence-electron chi connectivity index (χ2n) is 6.97. The number of ether oxygens (including phenoxy) is 1. The molecular weight excluding hydrogens is 264 g/mol. The third-order valence-electron chi connectivity index (χ3n) is 3.43. The number of nitrogens with one attached hydrogen (secondary N) is 1. The van der Waals surface area contributed by atoms with Crippen LogP contribution in [0.25, 0.3) is 0 Å². The molecule has 1 unspecified atom stereocenters. The fourth-order valence-corrected chi connectivity index (χ4v) is 2.07. The van der Waals surface area contributed by atoms with Crippen molar-refractivity contribution < 1.29 is 9.53 Å². The van der Waals surface area contributed by atoms with Crippen molar-refractivity contribution in [1.29, 1.82) is 0 Å². The van der Waals surface area contributed by atoms with Crippen molar-refractivity contribution in [2.75, 3.05) is 13.1 Å². The molecule has 21 heavy (non-hydrogen) atoms. The van der Waals surface area contributed by atoms with Gasteiger partial charge in [0.2, 0.25) is 0 Å². The van der Waals surface area contributed by atoms with Gasteiger partial charge in [-0.1, -0.05) is 31.2 Å². The monoisotopic (exact) mass is 292 g/mol. The first kappa shape index (κ1) is 17.5. The van der Waals surface area contributed by atoms with Crippen molar-refractivity contribution in [3.63, 3.8) is 0 Å². The summed E-state index contributed by atoms with van der Waals surface area (Å²) in [7, 11) is 0. The van der Waals surface area contributed by atoms with Crippen molar-refractivity contribution in [3.8, 4) is 0 Å². The molecule has 0 aliphatic carbocycles. The van der Waals surface area contributed by atoms with Crippen LogP contribution in [-0.2, 0) is 11.2 Å². The molecule has 0 spiro atoms. The Morgan fingerprint density at radius 3 is 2.38 bits per heavy atom.